The van der Waals surface area contributed by atoms with E-state index in [0.29, 0.717) is 12.2 Å². The van der Waals surface area contributed by atoms with Gasteiger partial charge >= 0.3 is 0 Å². The normalized spacial score (nSPS) is 12.6. The van der Waals surface area contributed by atoms with Crippen molar-refractivity contribution >= 4 is 5.82 Å². The highest BCUT2D eigenvalue weighted by Crippen LogP contribution is 2.17. The van der Waals surface area contributed by atoms with E-state index >= 15 is 0 Å². The molecule has 0 aliphatic carbocycles. The minimum Gasteiger partial charge on any atom is -0.386 e. The van der Waals surface area contributed by atoms with Gasteiger partial charge in [-0.05, 0) is 23.8 Å². The lowest BCUT2D eigenvalue weighted by Gasteiger charge is -2.11. The number of anilines is 1. The molecule has 84 valence electrons. The van der Waals surface area contributed by atoms with Gasteiger partial charge in [-0.15, -0.1) is 0 Å². The van der Waals surface area contributed by atoms with Crippen molar-refractivity contribution in [1.82, 2.24) is 14.8 Å². The van der Waals surface area contributed by atoms with Crippen LogP contribution in [0.1, 0.15) is 17.4 Å². The Morgan fingerprint density at radius 3 is 2.88 bits per heavy atom. The molecule has 2 rings (SSSR count). The van der Waals surface area contributed by atoms with Gasteiger partial charge in [-0.2, -0.15) is 5.10 Å². The first-order valence-electron chi connectivity index (χ1n) is 5.03. The fourth-order valence-corrected chi connectivity index (χ4v) is 1.66. The molecule has 0 aromatic carbocycles. The molecule has 2 aromatic heterocycles. The summed E-state index contributed by atoms with van der Waals surface area (Å²) in [5.41, 5.74) is 7.32. The molecule has 0 aliphatic heterocycles. The second kappa shape index (κ2) is 4.32. The third kappa shape index (κ3) is 2.20. The third-order valence-corrected chi connectivity index (χ3v) is 2.47. The number of hydrogen-bond acceptors (Lipinski definition) is 4. The molecular formula is C11H14N4O. The second-order valence-corrected chi connectivity index (χ2v) is 3.69. The Kier molecular flexibility index (Phi) is 2.87. The SMILES string of the molecule is Cn1nccc1C(O)Cc1ccnc(N)c1. The number of nitrogen functional groups attached to an aromatic ring is 1. The van der Waals surface area contributed by atoms with Crippen molar-refractivity contribution < 1.29 is 5.11 Å². The van der Waals surface area contributed by atoms with E-state index in [4.69, 9.17) is 5.73 Å². The summed E-state index contributed by atoms with van der Waals surface area (Å²) < 4.78 is 1.66. The monoisotopic (exact) mass is 218 g/mol. The zero-order valence-electron chi connectivity index (χ0n) is 9.04. The van der Waals surface area contributed by atoms with Gasteiger partial charge in [0, 0.05) is 25.9 Å². The molecule has 0 radical (unpaired) electrons. The summed E-state index contributed by atoms with van der Waals surface area (Å²) in [4.78, 5) is 3.91. The minimum absolute atomic E-state index is 0.467. The molecule has 0 fully saturated rings. The molecule has 0 bridgehead atoms. The van der Waals surface area contributed by atoms with Crippen molar-refractivity contribution in [2.24, 2.45) is 7.05 Å². The van der Waals surface area contributed by atoms with Gasteiger partial charge in [0.25, 0.3) is 0 Å². The summed E-state index contributed by atoms with van der Waals surface area (Å²) in [6, 6.07) is 5.41. The Morgan fingerprint density at radius 1 is 1.44 bits per heavy atom. The molecule has 0 aliphatic rings. The number of nitrogens with zero attached hydrogens (tertiary/aromatic N) is 3. The van der Waals surface area contributed by atoms with E-state index in [1.54, 1.807) is 36.3 Å². The Labute approximate surface area is 93.5 Å². The van der Waals surface area contributed by atoms with Crippen LogP contribution >= 0.6 is 0 Å². The van der Waals surface area contributed by atoms with Crippen LogP contribution in [0.2, 0.25) is 0 Å². The molecule has 5 heteroatoms. The molecule has 1 atom stereocenters. The molecule has 5 nitrogen and oxygen atoms in total. The number of pyridine rings is 1. The first-order chi connectivity index (χ1) is 7.66. The first-order valence-corrected chi connectivity index (χ1v) is 5.03. The predicted molar refractivity (Wildman–Crippen MR) is 60.5 cm³/mol. The smallest absolute Gasteiger partial charge is 0.123 e. The van der Waals surface area contributed by atoms with Crippen LogP contribution in [-0.2, 0) is 13.5 Å². The molecule has 2 aromatic rings. The average molecular weight is 218 g/mol. The van der Waals surface area contributed by atoms with Crippen molar-refractivity contribution in [3.05, 3.63) is 41.9 Å². The van der Waals surface area contributed by atoms with Crippen molar-refractivity contribution in [2.45, 2.75) is 12.5 Å². The number of nitrogens with two attached hydrogens (primary N) is 1. The summed E-state index contributed by atoms with van der Waals surface area (Å²) in [5, 5.41) is 14.0. The maximum absolute atomic E-state index is 10.0. The molecule has 16 heavy (non-hydrogen) atoms. The van der Waals surface area contributed by atoms with Gasteiger partial charge in [-0.25, -0.2) is 4.98 Å². The lowest BCUT2D eigenvalue weighted by atomic mass is 10.1. The molecule has 0 saturated heterocycles. The summed E-state index contributed by atoms with van der Waals surface area (Å²) in [6.07, 6.45) is 3.24. The summed E-state index contributed by atoms with van der Waals surface area (Å²) in [7, 11) is 1.81. The number of hydrogen-bond donors (Lipinski definition) is 2. The van der Waals surface area contributed by atoms with Gasteiger partial charge in [-0.3, -0.25) is 4.68 Å². The second-order valence-electron chi connectivity index (χ2n) is 3.69. The van der Waals surface area contributed by atoms with E-state index in [2.05, 4.69) is 10.1 Å². The van der Waals surface area contributed by atoms with Gasteiger partial charge in [0.05, 0.1) is 11.8 Å². The molecule has 2 heterocycles. The highest BCUT2D eigenvalue weighted by atomic mass is 16.3. The van der Waals surface area contributed by atoms with E-state index < -0.39 is 6.10 Å². The lowest BCUT2D eigenvalue weighted by molar-refractivity contribution is 0.168. The molecular weight excluding hydrogens is 204 g/mol. The Balaban J connectivity index is 2.14. The van der Waals surface area contributed by atoms with Crippen LogP contribution in [0.3, 0.4) is 0 Å². The minimum atomic E-state index is -0.575. The van der Waals surface area contributed by atoms with Crippen molar-refractivity contribution in [1.29, 1.82) is 0 Å². The van der Waals surface area contributed by atoms with Crippen LogP contribution in [0.5, 0.6) is 0 Å². The number of rotatable bonds is 3. The highest BCUT2D eigenvalue weighted by molar-refractivity contribution is 5.32. The van der Waals surface area contributed by atoms with Crippen molar-refractivity contribution in [3.63, 3.8) is 0 Å². The van der Waals surface area contributed by atoms with Crippen LogP contribution in [0.15, 0.2) is 30.6 Å². The molecule has 1 unspecified atom stereocenters. The van der Waals surface area contributed by atoms with E-state index in [1.165, 1.54) is 0 Å². The summed E-state index contributed by atoms with van der Waals surface area (Å²) >= 11 is 0. The fourth-order valence-electron chi connectivity index (χ4n) is 1.66. The Hall–Kier alpha value is -1.88. The number of aliphatic hydroxyl groups is 1. The summed E-state index contributed by atoms with van der Waals surface area (Å²) in [5.74, 6) is 0.467. The highest BCUT2D eigenvalue weighted by Gasteiger charge is 2.12. The predicted octanol–water partition coefficient (Wildman–Crippen LogP) is 0.673. The maximum atomic E-state index is 10.0. The van der Waals surface area contributed by atoms with Crippen LogP contribution in [0.25, 0.3) is 0 Å². The van der Waals surface area contributed by atoms with Gasteiger partial charge < -0.3 is 10.8 Å². The molecule has 0 amide bonds. The van der Waals surface area contributed by atoms with E-state index in [0.717, 1.165) is 11.3 Å². The number of aliphatic hydroxyl groups excluding tert-OH is 1. The zero-order valence-corrected chi connectivity index (χ0v) is 9.04. The van der Waals surface area contributed by atoms with Crippen LogP contribution in [0, 0.1) is 0 Å². The van der Waals surface area contributed by atoms with Crippen LogP contribution in [0.4, 0.5) is 5.82 Å². The standard InChI is InChI=1S/C11H14N4O/c1-15-9(3-5-14-15)10(16)6-8-2-4-13-11(12)7-8/h2-5,7,10,16H,6H2,1H3,(H2,12,13). The number of aromatic nitrogens is 3. The van der Waals surface area contributed by atoms with Crippen molar-refractivity contribution in [2.75, 3.05) is 5.73 Å². The maximum Gasteiger partial charge on any atom is 0.123 e. The molecule has 0 saturated carbocycles. The fraction of sp³-hybridized carbons (Fsp3) is 0.273. The van der Waals surface area contributed by atoms with E-state index in [9.17, 15) is 5.11 Å². The van der Waals surface area contributed by atoms with E-state index in [1.807, 2.05) is 6.07 Å². The van der Waals surface area contributed by atoms with Gasteiger partial charge in [0.1, 0.15) is 5.82 Å². The Bertz CT molecular complexity index is 480. The van der Waals surface area contributed by atoms with Gasteiger partial charge in [-0.1, -0.05) is 0 Å². The average Bonchev–Trinajstić information content (AvgIpc) is 2.64. The number of aryl methyl sites for hydroxylation is 1. The van der Waals surface area contributed by atoms with Crippen LogP contribution in [-0.4, -0.2) is 19.9 Å². The quantitative estimate of drug-likeness (QED) is 0.794. The van der Waals surface area contributed by atoms with Gasteiger partial charge in [0.15, 0.2) is 0 Å². The largest absolute Gasteiger partial charge is 0.386 e. The van der Waals surface area contributed by atoms with Crippen molar-refractivity contribution in [3.8, 4) is 0 Å². The lowest BCUT2D eigenvalue weighted by Crippen LogP contribution is -2.08. The topological polar surface area (TPSA) is 77.0 Å². The van der Waals surface area contributed by atoms with Gasteiger partial charge in [0.2, 0.25) is 0 Å². The zero-order chi connectivity index (χ0) is 11.5. The Morgan fingerprint density at radius 2 is 2.25 bits per heavy atom. The van der Waals surface area contributed by atoms with Crippen LogP contribution < -0.4 is 5.73 Å². The first kappa shape index (κ1) is 10.6. The van der Waals surface area contributed by atoms with E-state index in [-0.39, 0.29) is 0 Å². The molecule has 3 N–H and O–H groups in total. The third-order valence-electron chi connectivity index (χ3n) is 2.47. The summed E-state index contributed by atoms with van der Waals surface area (Å²) in [6.45, 7) is 0. The molecule has 0 spiro atoms.